The van der Waals surface area contributed by atoms with Crippen molar-refractivity contribution in [1.29, 1.82) is 0 Å². The zero-order valence-electron chi connectivity index (χ0n) is 34.7. The van der Waals surface area contributed by atoms with Gasteiger partial charge in [-0.3, -0.25) is 4.90 Å². The van der Waals surface area contributed by atoms with E-state index in [1.807, 2.05) is 19.9 Å². The van der Waals surface area contributed by atoms with Gasteiger partial charge in [0.15, 0.2) is 18.9 Å². The van der Waals surface area contributed by atoms with E-state index >= 15 is 0 Å². The summed E-state index contributed by atoms with van der Waals surface area (Å²) < 4.78 is 49.0. The molecule has 0 amide bonds. The van der Waals surface area contributed by atoms with E-state index in [1.54, 1.807) is 12.5 Å². The summed E-state index contributed by atoms with van der Waals surface area (Å²) in [5, 5.41) is 47.1. The van der Waals surface area contributed by atoms with E-state index in [-0.39, 0.29) is 48.2 Å². The molecule has 0 bridgehead atoms. The van der Waals surface area contributed by atoms with Gasteiger partial charge in [0, 0.05) is 37.8 Å². The van der Waals surface area contributed by atoms with E-state index in [0.717, 1.165) is 70.4 Å². The monoisotopic (exact) mass is 803 g/mol. The predicted molar refractivity (Wildman–Crippen MR) is 206 cm³/mol. The van der Waals surface area contributed by atoms with E-state index in [1.165, 1.54) is 0 Å². The molecule has 57 heavy (non-hydrogen) atoms. The number of furan rings is 1. The number of fused-ring (bicyclic) bond motifs is 5. The summed E-state index contributed by atoms with van der Waals surface area (Å²) in [6.07, 6.45) is 5.65. The highest BCUT2D eigenvalue weighted by Crippen LogP contribution is 2.70. The zero-order valence-corrected chi connectivity index (χ0v) is 34.7. The topological polar surface area (TPSA) is 162 Å². The molecule has 0 aromatic carbocycles. The van der Waals surface area contributed by atoms with Gasteiger partial charge >= 0.3 is 0 Å². The molecule has 8 aliphatic rings. The molecular weight excluding hydrogens is 734 g/mol. The van der Waals surface area contributed by atoms with Gasteiger partial charge in [0.05, 0.1) is 80.1 Å². The van der Waals surface area contributed by atoms with Gasteiger partial charge < -0.3 is 58.0 Å². The molecule has 4 saturated heterocycles. The highest BCUT2D eigenvalue weighted by molar-refractivity contribution is 5.29. The maximum Gasteiger partial charge on any atom is 0.161 e. The Bertz CT molecular complexity index is 1490. The number of aliphatic hydroxyl groups excluding tert-OH is 3. The minimum absolute atomic E-state index is 0.000623. The Morgan fingerprint density at radius 3 is 2.11 bits per heavy atom. The molecule has 13 heteroatoms. The Balaban J connectivity index is 0.760. The van der Waals surface area contributed by atoms with Crippen molar-refractivity contribution >= 4 is 0 Å². The second kappa shape index (κ2) is 15.9. The Hall–Kier alpha value is -1.20. The lowest BCUT2D eigenvalue weighted by Gasteiger charge is -2.65. The number of nitrogens with zero attached hydrogens (tertiary/aromatic N) is 1. The Morgan fingerprint density at radius 2 is 1.46 bits per heavy atom. The largest absolute Gasteiger partial charge is 0.472 e. The van der Waals surface area contributed by atoms with Crippen LogP contribution in [0.2, 0.25) is 0 Å². The van der Waals surface area contributed by atoms with Crippen LogP contribution < -0.4 is 0 Å². The number of rotatable bonds is 8. The number of hydrogen-bond donors (Lipinski definition) is 4. The van der Waals surface area contributed by atoms with Crippen molar-refractivity contribution in [1.82, 2.24) is 4.90 Å². The summed E-state index contributed by atoms with van der Waals surface area (Å²) in [7, 11) is 0. The van der Waals surface area contributed by atoms with Crippen LogP contribution in [0, 0.1) is 28.6 Å². The van der Waals surface area contributed by atoms with E-state index in [2.05, 4.69) is 25.7 Å². The van der Waals surface area contributed by atoms with Crippen molar-refractivity contribution < 1.29 is 58.0 Å². The minimum Gasteiger partial charge on any atom is -0.472 e. The number of aliphatic hydroxyl groups is 4. The lowest BCUT2D eigenvalue weighted by atomic mass is 9.42. The molecule has 4 aliphatic heterocycles. The van der Waals surface area contributed by atoms with Gasteiger partial charge in [0.2, 0.25) is 0 Å². The molecule has 4 N–H and O–H groups in total. The molecular formula is C44H69NO12. The maximum absolute atomic E-state index is 12.6. The molecule has 0 radical (unpaired) electrons. The molecule has 8 fully saturated rings. The van der Waals surface area contributed by atoms with Crippen LogP contribution in [0.3, 0.4) is 0 Å². The molecule has 9 rings (SSSR count). The van der Waals surface area contributed by atoms with Crippen LogP contribution >= 0.6 is 0 Å². The smallest absolute Gasteiger partial charge is 0.161 e. The van der Waals surface area contributed by atoms with Gasteiger partial charge in [-0.05, 0) is 113 Å². The van der Waals surface area contributed by atoms with E-state index in [4.69, 9.17) is 37.6 Å². The summed E-state index contributed by atoms with van der Waals surface area (Å²) in [4.78, 5) is 2.40. The number of hydrogen-bond acceptors (Lipinski definition) is 13. The summed E-state index contributed by atoms with van der Waals surface area (Å²) in [5.74, 6) is 0.907. The molecule has 0 spiro atoms. The highest BCUT2D eigenvalue weighted by Gasteiger charge is 2.70. The quantitative estimate of drug-likeness (QED) is 0.273. The lowest BCUT2D eigenvalue weighted by molar-refractivity contribution is -0.329. The van der Waals surface area contributed by atoms with Gasteiger partial charge in [-0.2, -0.15) is 0 Å². The lowest BCUT2D eigenvalue weighted by Crippen LogP contribution is -2.66. The first-order chi connectivity index (χ1) is 27.3. The average molecular weight is 804 g/mol. The van der Waals surface area contributed by atoms with E-state index in [9.17, 15) is 20.4 Å². The second-order valence-electron chi connectivity index (χ2n) is 19.8. The standard InChI is InChI=1S/C44H69NO12/c1-24-20-45(29-22-51-23-29)14-10-37(52-24)56-40-25(2)54-39(19-35(40)47)57-41-26(3)53-38(18-34(41)46)55-30-8-12-42(4)28(16-30)6-7-32-33(42)17-36(48)43(5)31(9-13-44(32,43)49)27-11-15-50-21-27/h11,15,21,24-26,28-41,46-49H,6-10,12-14,16-20,22-23H2,1-5H3/t24?,25-,26-,28-,30+,31-,32-,33+,34+,35+,36-,37?,38+,39+,40-,41-,42+,43+,44+/m1/s1. The molecule has 5 heterocycles. The molecule has 2 unspecified atom stereocenters. The summed E-state index contributed by atoms with van der Waals surface area (Å²) in [6.45, 7) is 13.6. The van der Waals surface area contributed by atoms with Crippen LogP contribution in [0.4, 0.5) is 0 Å². The van der Waals surface area contributed by atoms with Crippen molar-refractivity contribution in [3.8, 4) is 0 Å². The van der Waals surface area contributed by atoms with Crippen molar-refractivity contribution in [3.05, 3.63) is 24.2 Å². The second-order valence-corrected chi connectivity index (χ2v) is 19.8. The normalized spacial score (nSPS) is 52.3. The molecule has 13 nitrogen and oxygen atoms in total. The predicted octanol–water partition coefficient (Wildman–Crippen LogP) is 4.47. The third-order valence-corrected chi connectivity index (χ3v) is 16.8. The van der Waals surface area contributed by atoms with Gasteiger partial charge in [-0.25, -0.2) is 0 Å². The highest BCUT2D eigenvalue weighted by atomic mass is 16.7. The third kappa shape index (κ3) is 7.29. The summed E-state index contributed by atoms with van der Waals surface area (Å²) in [5.41, 5.74) is -0.422. The fraction of sp³-hybridized carbons (Fsp3) is 0.909. The zero-order chi connectivity index (χ0) is 39.9. The molecule has 1 aromatic rings. The Morgan fingerprint density at radius 1 is 0.754 bits per heavy atom. The van der Waals surface area contributed by atoms with Crippen molar-refractivity contribution in [3.63, 3.8) is 0 Å². The van der Waals surface area contributed by atoms with Crippen LogP contribution in [0.5, 0.6) is 0 Å². The third-order valence-electron chi connectivity index (χ3n) is 16.8. The summed E-state index contributed by atoms with van der Waals surface area (Å²) in [6, 6.07) is 2.43. The van der Waals surface area contributed by atoms with Crippen molar-refractivity contribution in [2.75, 3.05) is 26.3 Å². The minimum atomic E-state index is -0.913. The average Bonchev–Trinajstić information content (AvgIpc) is 3.71. The number of ether oxygens (including phenoxy) is 7. The van der Waals surface area contributed by atoms with Crippen LogP contribution in [-0.4, -0.2) is 137 Å². The van der Waals surface area contributed by atoms with Gasteiger partial charge in [-0.15, -0.1) is 0 Å². The maximum atomic E-state index is 12.6. The van der Waals surface area contributed by atoms with Crippen LogP contribution in [-0.2, 0) is 33.2 Å². The Labute approximate surface area is 338 Å². The Kier molecular flexibility index (Phi) is 11.5. The van der Waals surface area contributed by atoms with Gasteiger partial charge in [0.25, 0.3) is 0 Å². The molecule has 322 valence electrons. The van der Waals surface area contributed by atoms with Crippen LogP contribution in [0.15, 0.2) is 23.0 Å². The first-order valence-electron chi connectivity index (χ1n) is 22.3. The van der Waals surface area contributed by atoms with E-state index in [0.29, 0.717) is 31.2 Å². The first-order valence-corrected chi connectivity index (χ1v) is 22.3. The molecule has 19 atom stereocenters. The molecule has 4 saturated carbocycles. The van der Waals surface area contributed by atoms with Crippen LogP contribution in [0.1, 0.15) is 117 Å². The van der Waals surface area contributed by atoms with E-state index < -0.39 is 72.6 Å². The van der Waals surface area contributed by atoms with Crippen LogP contribution in [0.25, 0.3) is 0 Å². The molecule has 1 aromatic heterocycles. The fourth-order valence-electron chi connectivity index (χ4n) is 13.4. The SMILES string of the molecule is CC1CN(C2COC2)CCC(O[C@H]2[C@@H](O)C[C@H](O[C@H]3[C@@H](O)C[C@H](O[C@H]4CC[C@@]5(C)[C@H](CC[C@@H]6[C@@H]5C[C@@H](O)[C@]5(C)[C@@H](c7ccoc7)CC[C@]65O)C4)O[C@@H]3C)O[C@@H]2C)O1. The fourth-order valence-corrected chi connectivity index (χ4v) is 13.4. The van der Waals surface area contributed by atoms with Crippen molar-refractivity contribution in [2.24, 2.45) is 28.6 Å². The van der Waals surface area contributed by atoms with Gasteiger partial charge in [0.1, 0.15) is 12.2 Å². The summed E-state index contributed by atoms with van der Waals surface area (Å²) >= 11 is 0. The van der Waals surface area contributed by atoms with Gasteiger partial charge in [-0.1, -0.05) is 13.8 Å². The first kappa shape index (κ1) is 41.2. The van der Waals surface area contributed by atoms with Crippen molar-refractivity contribution in [2.45, 2.75) is 197 Å². The molecule has 4 aliphatic carbocycles.